The Morgan fingerprint density at radius 2 is 1.89 bits per heavy atom. The summed E-state index contributed by atoms with van der Waals surface area (Å²) in [6.45, 7) is 3.75. The normalized spacial score (nSPS) is 14.5. The Labute approximate surface area is 164 Å². The topological polar surface area (TPSA) is 84.1 Å². The fourth-order valence-corrected chi connectivity index (χ4v) is 3.39. The van der Waals surface area contributed by atoms with Crippen molar-refractivity contribution in [2.24, 2.45) is 0 Å². The third kappa shape index (κ3) is 4.02. The summed E-state index contributed by atoms with van der Waals surface area (Å²) in [6, 6.07) is 15.0. The first-order valence-electron chi connectivity index (χ1n) is 9.49. The molecule has 3 N–H and O–H groups in total. The summed E-state index contributed by atoms with van der Waals surface area (Å²) in [6.07, 6.45) is 4.38. The summed E-state index contributed by atoms with van der Waals surface area (Å²) in [5.41, 5.74) is 9.29. The summed E-state index contributed by atoms with van der Waals surface area (Å²) < 4.78 is 0. The van der Waals surface area contributed by atoms with Gasteiger partial charge in [0.2, 0.25) is 5.78 Å². The predicted octanol–water partition coefficient (Wildman–Crippen LogP) is 2.76. The molecule has 6 heteroatoms. The number of rotatable bonds is 4. The van der Waals surface area contributed by atoms with Gasteiger partial charge in [-0.3, -0.25) is 9.78 Å². The minimum atomic E-state index is -0.131. The second-order valence-electron chi connectivity index (χ2n) is 6.89. The van der Waals surface area contributed by atoms with Crippen molar-refractivity contribution in [3.63, 3.8) is 0 Å². The SMILES string of the molecule is Nc1cccc(-c2cncc(C(=O)c3cccc(N4CCCNCC4)n3)c2)c1. The molecule has 0 amide bonds. The third-order valence-electron chi connectivity index (χ3n) is 4.85. The van der Waals surface area contributed by atoms with Crippen LogP contribution in [-0.4, -0.2) is 41.9 Å². The van der Waals surface area contributed by atoms with Crippen LogP contribution in [-0.2, 0) is 0 Å². The third-order valence-corrected chi connectivity index (χ3v) is 4.85. The first-order valence-corrected chi connectivity index (χ1v) is 9.49. The predicted molar refractivity (Wildman–Crippen MR) is 111 cm³/mol. The summed E-state index contributed by atoms with van der Waals surface area (Å²) in [4.78, 5) is 24.1. The van der Waals surface area contributed by atoms with Crippen molar-refractivity contribution in [1.82, 2.24) is 15.3 Å². The zero-order chi connectivity index (χ0) is 19.3. The van der Waals surface area contributed by atoms with E-state index in [2.05, 4.69) is 20.2 Å². The standard InChI is InChI=1S/C22H23N5O/c23-19-5-1-4-16(13-19)17-12-18(15-25-14-17)22(28)20-6-2-7-21(26-20)27-10-3-8-24-9-11-27/h1-2,4-7,12-15,24H,3,8-11,23H2. The maximum atomic E-state index is 13.0. The average Bonchev–Trinajstić information content (AvgIpc) is 3.03. The molecule has 1 aliphatic heterocycles. The number of anilines is 2. The molecule has 4 rings (SSSR count). The smallest absolute Gasteiger partial charge is 0.212 e. The Bertz CT molecular complexity index is 980. The molecule has 3 heterocycles. The van der Waals surface area contributed by atoms with Gasteiger partial charge < -0.3 is 16.0 Å². The molecule has 0 spiro atoms. The minimum absolute atomic E-state index is 0.131. The van der Waals surface area contributed by atoms with E-state index in [4.69, 9.17) is 5.73 Å². The molecule has 0 bridgehead atoms. The van der Waals surface area contributed by atoms with Crippen LogP contribution in [0.5, 0.6) is 0 Å². The van der Waals surface area contributed by atoms with Crippen LogP contribution in [0.2, 0.25) is 0 Å². The highest BCUT2D eigenvalue weighted by molar-refractivity contribution is 6.08. The van der Waals surface area contributed by atoms with E-state index in [1.54, 1.807) is 18.5 Å². The van der Waals surface area contributed by atoms with E-state index >= 15 is 0 Å². The zero-order valence-electron chi connectivity index (χ0n) is 15.6. The lowest BCUT2D eigenvalue weighted by Gasteiger charge is -2.21. The Hall–Kier alpha value is -3.25. The molecule has 6 nitrogen and oxygen atoms in total. The van der Waals surface area contributed by atoms with Gasteiger partial charge in [-0.05, 0) is 48.9 Å². The van der Waals surface area contributed by atoms with Crippen molar-refractivity contribution in [2.75, 3.05) is 36.8 Å². The number of nitrogens with two attached hydrogens (primary N) is 1. The highest BCUT2D eigenvalue weighted by Gasteiger charge is 2.16. The highest BCUT2D eigenvalue weighted by atomic mass is 16.1. The van der Waals surface area contributed by atoms with Crippen LogP contribution >= 0.6 is 0 Å². The first kappa shape index (κ1) is 18.1. The van der Waals surface area contributed by atoms with Gasteiger partial charge in [-0.25, -0.2) is 4.98 Å². The molecular weight excluding hydrogens is 350 g/mol. The van der Waals surface area contributed by atoms with Crippen LogP contribution in [0, 0.1) is 0 Å². The van der Waals surface area contributed by atoms with Gasteiger partial charge in [0.15, 0.2) is 0 Å². The zero-order valence-corrected chi connectivity index (χ0v) is 15.6. The number of pyridine rings is 2. The van der Waals surface area contributed by atoms with Gasteiger partial charge in [-0.15, -0.1) is 0 Å². The number of aromatic nitrogens is 2. The summed E-state index contributed by atoms with van der Waals surface area (Å²) in [5.74, 6) is 0.711. The van der Waals surface area contributed by atoms with Crippen LogP contribution in [0.3, 0.4) is 0 Å². The number of ketones is 1. The summed E-state index contributed by atoms with van der Waals surface area (Å²) >= 11 is 0. The molecule has 0 atom stereocenters. The van der Waals surface area contributed by atoms with Gasteiger partial charge in [0.1, 0.15) is 11.5 Å². The average molecular weight is 373 g/mol. The monoisotopic (exact) mass is 373 g/mol. The Balaban J connectivity index is 1.61. The van der Waals surface area contributed by atoms with E-state index in [1.165, 1.54) is 0 Å². The first-order chi connectivity index (χ1) is 13.7. The summed E-state index contributed by atoms with van der Waals surface area (Å²) in [5, 5.41) is 3.38. The fourth-order valence-electron chi connectivity index (χ4n) is 3.39. The Kier molecular flexibility index (Phi) is 5.30. The molecule has 142 valence electrons. The van der Waals surface area contributed by atoms with Crippen molar-refractivity contribution in [3.8, 4) is 11.1 Å². The molecule has 0 radical (unpaired) electrons. The molecule has 0 unspecified atom stereocenters. The molecule has 1 saturated heterocycles. The molecule has 1 fully saturated rings. The number of hydrogen-bond donors (Lipinski definition) is 2. The van der Waals surface area contributed by atoms with E-state index in [0.717, 1.165) is 49.5 Å². The van der Waals surface area contributed by atoms with Crippen LogP contribution in [0.25, 0.3) is 11.1 Å². The second-order valence-corrected chi connectivity index (χ2v) is 6.89. The fraction of sp³-hybridized carbons (Fsp3) is 0.227. The van der Waals surface area contributed by atoms with Crippen molar-refractivity contribution in [3.05, 3.63) is 72.2 Å². The van der Waals surface area contributed by atoms with Gasteiger partial charge in [-0.2, -0.15) is 0 Å². The molecule has 1 aromatic carbocycles. The largest absolute Gasteiger partial charge is 0.399 e. The van der Waals surface area contributed by atoms with Crippen molar-refractivity contribution in [1.29, 1.82) is 0 Å². The van der Waals surface area contributed by atoms with E-state index in [1.807, 2.05) is 42.5 Å². The van der Waals surface area contributed by atoms with Crippen LogP contribution in [0.4, 0.5) is 11.5 Å². The maximum Gasteiger partial charge on any atom is 0.212 e. The van der Waals surface area contributed by atoms with E-state index in [9.17, 15) is 4.79 Å². The van der Waals surface area contributed by atoms with E-state index in [-0.39, 0.29) is 5.78 Å². The maximum absolute atomic E-state index is 13.0. The van der Waals surface area contributed by atoms with E-state index in [0.29, 0.717) is 16.9 Å². The molecule has 1 aliphatic rings. The number of nitrogens with one attached hydrogen (secondary N) is 1. The van der Waals surface area contributed by atoms with Gasteiger partial charge in [-0.1, -0.05) is 18.2 Å². The van der Waals surface area contributed by atoms with Gasteiger partial charge >= 0.3 is 0 Å². The molecule has 0 aliphatic carbocycles. The van der Waals surface area contributed by atoms with Crippen molar-refractivity contribution >= 4 is 17.3 Å². The molecule has 28 heavy (non-hydrogen) atoms. The quantitative estimate of drug-likeness (QED) is 0.540. The number of hydrogen-bond acceptors (Lipinski definition) is 6. The second kappa shape index (κ2) is 8.19. The number of nitrogens with zero attached hydrogens (tertiary/aromatic N) is 3. The van der Waals surface area contributed by atoms with Gasteiger partial charge in [0.05, 0.1) is 0 Å². The molecule has 0 saturated carbocycles. The number of carbonyl (C=O) groups is 1. The van der Waals surface area contributed by atoms with Gasteiger partial charge in [0, 0.05) is 48.8 Å². The van der Waals surface area contributed by atoms with Crippen molar-refractivity contribution < 1.29 is 4.79 Å². The Morgan fingerprint density at radius 1 is 1.00 bits per heavy atom. The molecular formula is C22H23N5O. The summed E-state index contributed by atoms with van der Waals surface area (Å²) in [7, 11) is 0. The lowest BCUT2D eigenvalue weighted by Crippen LogP contribution is -2.28. The molecule has 2 aromatic heterocycles. The van der Waals surface area contributed by atoms with Crippen molar-refractivity contribution in [2.45, 2.75) is 6.42 Å². The van der Waals surface area contributed by atoms with Crippen LogP contribution in [0.1, 0.15) is 22.5 Å². The molecule has 3 aromatic rings. The lowest BCUT2D eigenvalue weighted by atomic mass is 10.0. The minimum Gasteiger partial charge on any atom is -0.399 e. The highest BCUT2D eigenvalue weighted by Crippen LogP contribution is 2.23. The van der Waals surface area contributed by atoms with E-state index < -0.39 is 0 Å². The lowest BCUT2D eigenvalue weighted by molar-refractivity contribution is 0.103. The number of benzene rings is 1. The van der Waals surface area contributed by atoms with Crippen LogP contribution < -0.4 is 16.0 Å². The number of nitrogen functional groups attached to an aromatic ring is 1. The van der Waals surface area contributed by atoms with Gasteiger partial charge in [0.25, 0.3) is 0 Å². The Morgan fingerprint density at radius 3 is 2.79 bits per heavy atom. The van der Waals surface area contributed by atoms with Crippen LogP contribution in [0.15, 0.2) is 60.9 Å². The number of carbonyl (C=O) groups excluding carboxylic acids is 1.